The van der Waals surface area contributed by atoms with Gasteiger partial charge >= 0.3 is 0 Å². The Balaban J connectivity index is 2.53. The molecule has 0 aliphatic rings. The Morgan fingerprint density at radius 3 is 2.40 bits per heavy atom. The second-order valence-electron chi connectivity index (χ2n) is 2.99. The minimum atomic E-state index is -1.97. The van der Waals surface area contributed by atoms with Gasteiger partial charge in [0.2, 0.25) is 0 Å². The van der Waals surface area contributed by atoms with E-state index in [4.69, 9.17) is 14.8 Å². The van der Waals surface area contributed by atoms with E-state index in [-0.39, 0.29) is 13.2 Å². The van der Waals surface area contributed by atoms with Crippen molar-refractivity contribution in [3.05, 3.63) is 24.3 Å². The van der Waals surface area contributed by atoms with E-state index in [1.807, 2.05) is 0 Å². The van der Waals surface area contributed by atoms with Gasteiger partial charge in [0.05, 0.1) is 17.6 Å². The summed E-state index contributed by atoms with van der Waals surface area (Å²) >= 11 is -1.97. The zero-order valence-corrected chi connectivity index (χ0v) is 8.78. The second kappa shape index (κ2) is 5.82. The molecule has 4 N–H and O–H groups in total. The molecule has 0 aliphatic heterocycles. The highest BCUT2D eigenvalue weighted by atomic mass is 32.2. The van der Waals surface area contributed by atoms with Crippen molar-refractivity contribution >= 4 is 16.8 Å². The van der Waals surface area contributed by atoms with Crippen molar-refractivity contribution in [1.82, 2.24) is 0 Å². The molecule has 1 aromatic rings. The van der Waals surface area contributed by atoms with E-state index in [0.29, 0.717) is 4.90 Å². The zero-order valence-electron chi connectivity index (χ0n) is 7.96. The van der Waals surface area contributed by atoms with E-state index in [2.05, 4.69) is 5.32 Å². The maximum Gasteiger partial charge on any atom is 0.186 e. The van der Waals surface area contributed by atoms with Gasteiger partial charge in [0.15, 0.2) is 11.1 Å². The van der Waals surface area contributed by atoms with E-state index >= 15 is 0 Å². The van der Waals surface area contributed by atoms with E-state index < -0.39 is 17.2 Å². The molecule has 0 heterocycles. The van der Waals surface area contributed by atoms with Gasteiger partial charge in [-0.05, 0) is 24.3 Å². The molecule has 5 nitrogen and oxygen atoms in total. The van der Waals surface area contributed by atoms with Gasteiger partial charge in [0, 0.05) is 12.2 Å². The van der Waals surface area contributed by atoms with Gasteiger partial charge in [-0.2, -0.15) is 0 Å². The molecule has 0 bridgehead atoms. The van der Waals surface area contributed by atoms with Crippen LogP contribution in [0.1, 0.15) is 0 Å². The fraction of sp³-hybridized carbons (Fsp3) is 0.333. The maximum absolute atomic E-state index is 10.6. The number of nitrogens with one attached hydrogen (secondary N) is 1. The molecular weight excluding hydrogens is 218 g/mol. The van der Waals surface area contributed by atoms with E-state index in [9.17, 15) is 4.21 Å². The zero-order chi connectivity index (χ0) is 11.3. The number of benzene rings is 1. The Morgan fingerprint density at radius 1 is 1.33 bits per heavy atom. The first kappa shape index (κ1) is 12.1. The van der Waals surface area contributed by atoms with Gasteiger partial charge in [-0.25, -0.2) is 4.21 Å². The summed E-state index contributed by atoms with van der Waals surface area (Å²) in [5.41, 5.74) is 0.719. The molecule has 0 amide bonds. The van der Waals surface area contributed by atoms with Crippen molar-refractivity contribution in [2.75, 3.05) is 18.5 Å². The van der Waals surface area contributed by atoms with E-state index in [1.54, 1.807) is 12.1 Å². The number of aliphatic hydroxyl groups is 2. The Labute approximate surface area is 90.0 Å². The Morgan fingerprint density at radius 2 is 1.93 bits per heavy atom. The molecule has 1 rings (SSSR count). The van der Waals surface area contributed by atoms with Crippen molar-refractivity contribution in [3.8, 4) is 0 Å². The quantitative estimate of drug-likeness (QED) is 0.537. The normalized spacial score (nSPS) is 14.6. The number of rotatable bonds is 5. The van der Waals surface area contributed by atoms with Gasteiger partial charge < -0.3 is 20.1 Å². The summed E-state index contributed by atoms with van der Waals surface area (Å²) < 4.78 is 19.4. The molecule has 15 heavy (non-hydrogen) atoms. The van der Waals surface area contributed by atoms with Gasteiger partial charge in [-0.3, -0.25) is 0 Å². The lowest BCUT2D eigenvalue weighted by Crippen LogP contribution is -2.22. The molecule has 0 saturated carbocycles. The van der Waals surface area contributed by atoms with E-state index in [0.717, 1.165) is 5.69 Å². The lowest BCUT2D eigenvalue weighted by molar-refractivity contribution is 0.105. The van der Waals surface area contributed by atoms with Crippen LogP contribution in [0.4, 0.5) is 5.69 Å². The number of hydrogen-bond acceptors (Lipinski definition) is 4. The average Bonchev–Trinajstić information content (AvgIpc) is 2.26. The highest BCUT2D eigenvalue weighted by molar-refractivity contribution is 7.79. The molecule has 0 aromatic heterocycles. The summed E-state index contributed by atoms with van der Waals surface area (Å²) in [6, 6.07) is 6.30. The molecule has 0 saturated heterocycles. The van der Waals surface area contributed by atoms with Crippen LogP contribution in [0.15, 0.2) is 29.2 Å². The highest BCUT2D eigenvalue weighted by Gasteiger charge is 2.02. The first-order valence-electron chi connectivity index (χ1n) is 4.37. The van der Waals surface area contributed by atoms with Gasteiger partial charge in [0.25, 0.3) is 0 Å². The summed E-state index contributed by atoms with van der Waals surface area (Å²) in [4.78, 5) is 0.322. The molecule has 0 spiro atoms. The van der Waals surface area contributed by atoms with Crippen molar-refractivity contribution in [3.63, 3.8) is 0 Å². The molecular formula is C9H13NO4S. The fourth-order valence-electron chi connectivity index (χ4n) is 0.989. The Kier molecular flexibility index (Phi) is 4.70. The third kappa shape index (κ3) is 3.96. The first-order chi connectivity index (χ1) is 7.13. The lowest BCUT2D eigenvalue weighted by atomic mass is 10.3. The molecule has 0 fully saturated rings. The molecule has 0 aliphatic carbocycles. The molecule has 2 unspecified atom stereocenters. The van der Waals surface area contributed by atoms with Crippen LogP contribution in [0, 0.1) is 0 Å². The van der Waals surface area contributed by atoms with Crippen LogP contribution in [0.25, 0.3) is 0 Å². The predicted octanol–water partition coefficient (Wildman–Crippen LogP) is 0.0323. The topological polar surface area (TPSA) is 89.8 Å². The Bertz CT molecular complexity index is 327. The molecule has 0 radical (unpaired) electrons. The van der Waals surface area contributed by atoms with Crippen LogP contribution >= 0.6 is 0 Å². The number of hydrogen-bond donors (Lipinski definition) is 4. The molecule has 6 heteroatoms. The lowest BCUT2D eigenvalue weighted by Gasteiger charge is -2.10. The monoisotopic (exact) mass is 231 g/mol. The molecule has 84 valence electrons. The van der Waals surface area contributed by atoms with Gasteiger partial charge in [-0.15, -0.1) is 0 Å². The van der Waals surface area contributed by atoms with Crippen molar-refractivity contribution in [2.24, 2.45) is 0 Å². The summed E-state index contributed by atoms with van der Waals surface area (Å²) in [6.07, 6.45) is -0.809. The standard InChI is InChI=1S/C9H13NO4S/c11-6-8(12)5-10-7-1-3-9(4-2-7)15(13)14/h1-4,8,10-12H,5-6H2,(H,13,14). The van der Waals surface area contributed by atoms with Crippen LogP contribution in [-0.2, 0) is 11.1 Å². The minimum absolute atomic E-state index is 0.234. The minimum Gasteiger partial charge on any atom is -0.394 e. The first-order valence-corrected chi connectivity index (χ1v) is 5.48. The smallest absolute Gasteiger partial charge is 0.186 e. The van der Waals surface area contributed by atoms with Crippen LogP contribution < -0.4 is 5.32 Å². The molecule has 2 atom stereocenters. The van der Waals surface area contributed by atoms with Crippen molar-refractivity contribution < 1.29 is 19.0 Å². The molecule has 1 aromatic carbocycles. The average molecular weight is 231 g/mol. The third-order valence-electron chi connectivity index (χ3n) is 1.81. The third-order valence-corrected chi connectivity index (χ3v) is 2.48. The Hall–Kier alpha value is -0.950. The van der Waals surface area contributed by atoms with Crippen LogP contribution in [0.3, 0.4) is 0 Å². The summed E-state index contributed by atoms with van der Waals surface area (Å²) in [5, 5.41) is 20.5. The van der Waals surface area contributed by atoms with Crippen LogP contribution in [0.2, 0.25) is 0 Å². The summed E-state index contributed by atoms with van der Waals surface area (Å²) in [7, 11) is 0. The van der Waals surface area contributed by atoms with Crippen LogP contribution in [0.5, 0.6) is 0 Å². The van der Waals surface area contributed by atoms with Crippen LogP contribution in [-0.4, -0.2) is 38.2 Å². The predicted molar refractivity (Wildman–Crippen MR) is 57.1 cm³/mol. The fourth-order valence-corrected chi connectivity index (χ4v) is 1.36. The SMILES string of the molecule is O=S(O)c1ccc(NCC(O)CO)cc1. The largest absolute Gasteiger partial charge is 0.394 e. The highest BCUT2D eigenvalue weighted by Crippen LogP contribution is 2.11. The van der Waals surface area contributed by atoms with Crippen molar-refractivity contribution in [2.45, 2.75) is 11.0 Å². The number of anilines is 1. The maximum atomic E-state index is 10.6. The summed E-state index contributed by atoms with van der Waals surface area (Å²) in [5.74, 6) is 0. The van der Waals surface area contributed by atoms with Gasteiger partial charge in [0.1, 0.15) is 0 Å². The second-order valence-corrected chi connectivity index (χ2v) is 3.96. The van der Waals surface area contributed by atoms with Gasteiger partial charge in [-0.1, -0.05) is 0 Å². The van der Waals surface area contributed by atoms with E-state index in [1.165, 1.54) is 12.1 Å². The number of aliphatic hydroxyl groups excluding tert-OH is 2. The summed E-state index contributed by atoms with van der Waals surface area (Å²) in [6.45, 7) is -0.0657. The van der Waals surface area contributed by atoms with Crippen molar-refractivity contribution in [1.29, 1.82) is 0 Å².